The average Bonchev–Trinajstić information content (AvgIpc) is 2.15. The smallest absolute Gasteiger partial charge is 0.211 e. The lowest BCUT2D eigenvalue weighted by Gasteiger charge is -2.08. The highest BCUT2D eigenvalue weighted by atomic mass is 35.5. The van der Waals surface area contributed by atoms with E-state index in [0.717, 1.165) is 18.2 Å². The van der Waals surface area contributed by atoms with E-state index in [1.807, 2.05) is 0 Å². The van der Waals surface area contributed by atoms with E-state index < -0.39 is 11.7 Å². The normalized spacial score (nSPS) is 10.9. The largest absolute Gasteiger partial charge is 0.416 e. The molecule has 1 aromatic rings. The molecule has 0 spiro atoms. The Hall–Kier alpha value is -1.32. The van der Waals surface area contributed by atoms with Crippen molar-refractivity contribution >= 4 is 17.7 Å². The monoisotopic (exact) mass is 235 g/mol. The molecular weight excluding hydrogens is 231 g/mol. The fourth-order valence-electron chi connectivity index (χ4n) is 0.990. The third-order valence-electron chi connectivity index (χ3n) is 1.69. The summed E-state index contributed by atoms with van der Waals surface area (Å²) >= 11 is 5.62. The number of alkyl halides is 3. The van der Waals surface area contributed by atoms with Gasteiger partial charge >= 0.3 is 6.18 Å². The molecule has 2 nitrogen and oxygen atoms in total. The topological polar surface area (TPSA) is 29.4 Å². The van der Waals surface area contributed by atoms with Gasteiger partial charge in [-0.3, -0.25) is 0 Å². The summed E-state index contributed by atoms with van der Waals surface area (Å²) in [4.78, 5) is 13.0. The van der Waals surface area contributed by atoms with Crippen molar-refractivity contribution in [2.24, 2.45) is 4.99 Å². The lowest BCUT2D eigenvalue weighted by Crippen LogP contribution is -2.05. The van der Waals surface area contributed by atoms with Crippen LogP contribution in [0.3, 0.4) is 0 Å². The standard InChI is InChI=1S/C9H5ClF3NO/c10-8-2-1-7(9(11,12)13)3-6(8)4-14-5-15/h1-3H,4H2. The summed E-state index contributed by atoms with van der Waals surface area (Å²) in [7, 11) is 0. The Labute approximate surface area is 88.4 Å². The minimum Gasteiger partial charge on any atom is -0.211 e. The number of hydrogen-bond donors (Lipinski definition) is 0. The molecular formula is C9H5ClF3NO. The number of halogens is 4. The molecule has 15 heavy (non-hydrogen) atoms. The lowest BCUT2D eigenvalue weighted by molar-refractivity contribution is -0.137. The molecule has 80 valence electrons. The second-order valence-corrected chi connectivity index (χ2v) is 3.12. The number of isocyanates is 1. The average molecular weight is 236 g/mol. The Morgan fingerprint density at radius 2 is 2.07 bits per heavy atom. The molecule has 0 N–H and O–H groups in total. The van der Waals surface area contributed by atoms with Crippen LogP contribution in [0.1, 0.15) is 11.1 Å². The van der Waals surface area contributed by atoms with Gasteiger partial charge in [0.05, 0.1) is 12.1 Å². The van der Waals surface area contributed by atoms with Gasteiger partial charge in [0.15, 0.2) is 0 Å². The van der Waals surface area contributed by atoms with Gasteiger partial charge in [-0.25, -0.2) is 9.79 Å². The van der Waals surface area contributed by atoms with E-state index in [1.165, 1.54) is 6.08 Å². The predicted molar refractivity (Wildman–Crippen MR) is 48.3 cm³/mol. The molecule has 0 saturated carbocycles. The van der Waals surface area contributed by atoms with E-state index in [2.05, 4.69) is 4.99 Å². The molecule has 1 rings (SSSR count). The van der Waals surface area contributed by atoms with Crippen LogP contribution in [0.4, 0.5) is 13.2 Å². The van der Waals surface area contributed by atoms with Crippen LogP contribution >= 0.6 is 11.6 Å². The van der Waals surface area contributed by atoms with Crippen LogP contribution in [0, 0.1) is 0 Å². The molecule has 1 aromatic carbocycles. The minimum atomic E-state index is -4.43. The fraction of sp³-hybridized carbons (Fsp3) is 0.222. The van der Waals surface area contributed by atoms with Crippen LogP contribution in [0.25, 0.3) is 0 Å². The van der Waals surface area contributed by atoms with Gasteiger partial charge in [0.2, 0.25) is 6.08 Å². The number of nitrogens with zero attached hydrogens (tertiary/aromatic N) is 1. The van der Waals surface area contributed by atoms with Crippen LogP contribution in [0.15, 0.2) is 23.2 Å². The highest BCUT2D eigenvalue weighted by molar-refractivity contribution is 6.31. The highest BCUT2D eigenvalue weighted by Crippen LogP contribution is 2.31. The van der Waals surface area contributed by atoms with E-state index in [1.54, 1.807) is 0 Å². The second kappa shape index (κ2) is 4.47. The SMILES string of the molecule is O=C=NCc1cc(C(F)(F)F)ccc1Cl. The Balaban J connectivity index is 3.10. The van der Waals surface area contributed by atoms with Crippen molar-refractivity contribution in [3.05, 3.63) is 34.3 Å². The summed E-state index contributed by atoms with van der Waals surface area (Å²) in [6, 6.07) is 2.86. The summed E-state index contributed by atoms with van der Waals surface area (Å²) in [5.74, 6) is 0. The van der Waals surface area contributed by atoms with E-state index in [9.17, 15) is 18.0 Å². The van der Waals surface area contributed by atoms with Crippen molar-refractivity contribution in [2.75, 3.05) is 0 Å². The van der Waals surface area contributed by atoms with E-state index in [-0.39, 0.29) is 17.1 Å². The lowest BCUT2D eigenvalue weighted by atomic mass is 10.1. The van der Waals surface area contributed by atoms with Gasteiger partial charge in [-0.15, -0.1) is 0 Å². The zero-order valence-electron chi connectivity index (χ0n) is 7.31. The molecule has 0 aliphatic rings. The maximum Gasteiger partial charge on any atom is 0.416 e. The Bertz CT molecular complexity index is 410. The maximum absolute atomic E-state index is 12.3. The summed E-state index contributed by atoms with van der Waals surface area (Å²) in [5.41, 5.74) is -0.669. The number of hydrogen-bond acceptors (Lipinski definition) is 2. The summed E-state index contributed by atoms with van der Waals surface area (Å²) < 4.78 is 36.8. The van der Waals surface area contributed by atoms with E-state index in [0.29, 0.717) is 0 Å². The quantitative estimate of drug-likeness (QED) is 0.572. The zero-order chi connectivity index (χ0) is 11.5. The van der Waals surface area contributed by atoms with Crippen molar-refractivity contribution in [3.8, 4) is 0 Å². The fourth-order valence-corrected chi connectivity index (χ4v) is 1.17. The molecule has 0 unspecified atom stereocenters. The molecule has 0 heterocycles. The summed E-state index contributed by atoms with van der Waals surface area (Å²) in [6.45, 7) is -0.202. The van der Waals surface area contributed by atoms with Gasteiger partial charge in [0.25, 0.3) is 0 Å². The minimum absolute atomic E-state index is 0.141. The predicted octanol–water partition coefficient (Wildman–Crippen LogP) is 3.19. The number of carbonyl (C=O) groups excluding carboxylic acids is 1. The number of aliphatic imine (C=N–C) groups is 1. The van der Waals surface area contributed by atoms with Crippen LogP contribution in [0.2, 0.25) is 5.02 Å². The molecule has 6 heteroatoms. The Kier molecular flexibility index (Phi) is 3.50. The van der Waals surface area contributed by atoms with Crippen molar-refractivity contribution in [1.82, 2.24) is 0 Å². The Morgan fingerprint density at radius 1 is 1.40 bits per heavy atom. The first kappa shape index (κ1) is 11.8. The molecule has 0 aromatic heterocycles. The third-order valence-corrected chi connectivity index (χ3v) is 2.06. The van der Waals surface area contributed by atoms with Gasteiger partial charge < -0.3 is 0 Å². The van der Waals surface area contributed by atoms with Crippen LogP contribution < -0.4 is 0 Å². The highest BCUT2D eigenvalue weighted by Gasteiger charge is 2.30. The van der Waals surface area contributed by atoms with Crippen molar-refractivity contribution < 1.29 is 18.0 Å². The van der Waals surface area contributed by atoms with E-state index in [4.69, 9.17) is 11.6 Å². The molecule has 0 amide bonds. The molecule has 0 fully saturated rings. The van der Waals surface area contributed by atoms with Gasteiger partial charge in [-0.2, -0.15) is 13.2 Å². The second-order valence-electron chi connectivity index (χ2n) is 2.71. The van der Waals surface area contributed by atoms with Gasteiger partial charge in [0, 0.05) is 5.02 Å². The van der Waals surface area contributed by atoms with Gasteiger partial charge in [0.1, 0.15) is 0 Å². The first-order valence-corrected chi connectivity index (χ1v) is 4.22. The molecule has 0 saturated heterocycles. The molecule has 0 bridgehead atoms. The van der Waals surface area contributed by atoms with Crippen molar-refractivity contribution in [1.29, 1.82) is 0 Å². The summed E-state index contributed by atoms with van der Waals surface area (Å²) in [6.07, 6.45) is -3.19. The molecule has 0 aliphatic carbocycles. The third kappa shape index (κ3) is 3.08. The Morgan fingerprint density at radius 3 is 2.60 bits per heavy atom. The van der Waals surface area contributed by atoms with Crippen LogP contribution in [-0.4, -0.2) is 6.08 Å². The molecule has 0 aliphatic heterocycles. The van der Waals surface area contributed by atoms with Gasteiger partial charge in [-0.1, -0.05) is 11.6 Å². The molecule has 0 radical (unpaired) electrons. The molecule has 0 atom stereocenters. The summed E-state index contributed by atoms with van der Waals surface area (Å²) in [5, 5.41) is 0.141. The van der Waals surface area contributed by atoms with Crippen molar-refractivity contribution in [2.45, 2.75) is 12.7 Å². The number of benzene rings is 1. The zero-order valence-corrected chi connectivity index (χ0v) is 8.06. The first-order chi connectivity index (χ1) is 6.95. The number of rotatable bonds is 2. The van der Waals surface area contributed by atoms with Crippen LogP contribution in [0.5, 0.6) is 0 Å². The van der Waals surface area contributed by atoms with Crippen molar-refractivity contribution in [3.63, 3.8) is 0 Å². The van der Waals surface area contributed by atoms with Crippen LogP contribution in [-0.2, 0) is 17.5 Å². The maximum atomic E-state index is 12.3. The first-order valence-electron chi connectivity index (χ1n) is 3.84. The van der Waals surface area contributed by atoms with E-state index >= 15 is 0 Å². The van der Waals surface area contributed by atoms with Gasteiger partial charge in [-0.05, 0) is 23.8 Å².